The predicted octanol–water partition coefficient (Wildman–Crippen LogP) is 10.1. The molecule has 0 spiro atoms. The Morgan fingerprint density at radius 3 is 0.857 bits per heavy atom. The molecule has 0 aromatic rings. The molecular formula is C28H54. The minimum absolute atomic E-state index is 1.09. The molecule has 0 heterocycles. The summed E-state index contributed by atoms with van der Waals surface area (Å²) in [5.41, 5.74) is 0. The van der Waals surface area contributed by atoms with Crippen LogP contribution in [0.2, 0.25) is 0 Å². The molecule has 0 aromatic heterocycles. The quantitative estimate of drug-likeness (QED) is 0.244. The van der Waals surface area contributed by atoms with Crippen LogP contribution in [-0.2, 0) is 0 Å². The Labute approximate surface area is 179 Å². The normalized spacial score (nSPS) is 28.5. The molecule has 2 aliphatic rings. The van der Waals surface area contributed by atoms with E-state index in [1.165, 1.54) is 77.0 Å². The van der Waals surface area contributed by atoms with Gasteiger partial charge in [0.25, 0.3) is 0 Å². The van der Waals surface area contributed by atoms with Gasteiger partial charge in [-0.15, -0.1) is 0 Å². The van der Waals surface area contributed by atoms with E-state index in [9.17, 15) is 0 Å². The fraction of sp³-hybridized carbons (Fsp3) is 1.00. The van der Waals surface area contributed by atoms with Gasteiger partial charge in [0.15, 0.2) is 0 Å². The zero-order valence-electron chi connectivity index (χ0n) is 19.9. The molecule has 0 atom stereocenters. The number of unbranched alkanes of at least 4 members (excludes halogenated alkanes) is 7. The molecule has 2 saturated carbocycles. The lowest BCUT2D eigenvalue weighted by Gasteiger charge is -2.29. The SMILES string of the molecule is CCCCCC1CCC(CCCCCCC2CCC(CCCCC)CC2)CC1. The van der Waals surface area contributed by atoms with Gasteiger partial charge < -0.3 is 0 Å². The summed E-state index contributed by atoms with van der Waals surface area (Å²) in [4.78, 5) is 0. The van der Waals surface area contributed by atoms with Crippen LogP contribution in [0.1, 0.15) is 155 Å². The number of rotatable bonds is 15. The van der Waals surface area contributed by atoms with Crippen molar-refractivity contribution in [2.75, 3.05) is 0 Å². The van der Waals surface area contributed by atoms with Gasteiger partial charge in [-0.2, -0.15) is 0 Å². The molecule has 0 radical (unpaired) electrons. The highest BCUT2D eigenvalue weighted by Gasteiger charge is 2.21. The second kappa shape index (κ2) is 15.8. The third-order valence-electron chi connectivity index (χ3n) is 8.34. The molecule has 0 saturated heterocycles. The van der Waals surface area contributed by atoms with Gasteiger partial charge in [-0.1, -0.05) is 155 Å². The van der Waals surface area contributed by atoms with E-state index in [0.717, 1.165) is 23.7 Å². The van der Waals surface area contributed by atoms with Gasteiger partial charge in [0.2, 0.25) is 0 Å². The van der Waals surface area contributed by atoms with Gasteiger partial charge in [0.05, 0.1) is 0 Å². The molecule has 0 N–H and O–H groups in total. The maximum absolute atomic E-state index is 2.33. The fourth-order valence-corrected chi connectivity index (χ4v) is 6.20. The lowest BCUT2D eigenvalue weighted by Crippen LogP contribution is -2.15. The maximum atomic E-state index is 2.33. The summed E-state index contributed by atoms with van der Waals surface area (Å²) in [5, 5.41) is 0. The van der Waals surface area contributed by atoms with Crippen molar-refractivity contribution < 1.29 is 0 Å². The second-order valence-corrected chi connectivity index (χ2v) is 10.8. The molecule has 0 heteroatoms. The van der Waals surface area contributed by atoms with Crippen LogP contribution in [0.25, 0.3) is 0 Å². The Morgan fingerprint density at radius 1 is 0.357 bits per heavy atom. The predicted molar refractivity (Wildman–Crippen MR) is 127 cm³/mol. The largest absolute Gasteiger partial charge is 0.0654 e. The van der Waals surface area contributed by atoms with Gasteiger partial charge >= 0.3 is 0 Å². The lowest BCUT2D eigenvalue weighted by atomic mass is 9.77. The van der Waals surface area contributed by atoms with E-state index in [1.807, 2.05) is 0 Å². The van der Waals surface area contributed by atoms with Crippen LogP contribution in [0.15, 0.2) is 0 Å². The minimum atomic E-state index is 1.09. The Hall–Kier alpha value is 0. The molecule has 2 rings (SSSR count). The highest BCUT2D eigenvalue weighted by Crippen LogP contribution is 2.36. The molecule has 0 aliphatic heterocycles. The van der Waals surface area contributed by atoms with Gasteiger partial charge in [-0.05, 0) is 23.7 Å². The van der Waals surface area contributed by atoms with E-state index in [2.05, 4.69) is 13.8 Å². The van der Waals surface area contributed by atoms with Crippen LogP contribution < -0.4 is 0 Å². The van der Waals surface area contributed by atoms with Crippen molar-refractivity contribution in [3.63, 3.8) is 0 Å². The minimum Gasteiger partial charge on any atom is -0.0654 e. The summed E-state index contributed by atoms with van der Waals surface area (Å²) in [5.74, 6) is 4.35. The zero-order chi connectivity index (χ0) is 19.9. The van der Waals surface area contributed by atoms with Crippen LogP contribution in [-0.4, -0.2) is 0 Å². The van der Waals surface area contributed by atoms with Gasteiger partial charge in [-0.25, -0.2) is 0 Å². The first-order chi connectivity index (χ1) is 13.8. The summed E-state index contributed by atoms with van der Waals surface area (Å²) in [7, 11) is 0. The second-order valence-electron chi connectivity index (χ2n) is 10.8. The lowest BCUT2D eigenvalue weighted by molar-refractivity contribution is 0.239. The molecule has 166 valence electrons. The molecular weight excluding hydrogens is 336 g/mol. The first kappa shape index (κ1) is 24.3. The number of hydrogen-bond acceptors (Lipinski definition) is 0. The summed E-state index contributed by atoms with van der Waals surface area (Å²) < 4.78 is 0. The van der Waals surface area contributed by atoms with Crippen molar-refractivity contribution in [3.05, 3.63) is 0 Å². The van der Waals surface area contributed by atoms with Gasteiger partial charge in [-0.3, -0.25) is 0 Å². The first-order valence-corrected chi connectivity index (χ1v) is 13.8. The van der Waals surface area contributed by atoms with Crippen LogP contribution in [0.4, 0.5) is 0 Å². The summed E-state index contributed by atoms with van der Waals surface area (Å²) >= 11 is 0. The van der Waals surface area contributed by atoms with Crippen LogP contribution >= 0.6 is 0 Å². The van der Waals surface area contributed by atoms with E-state index in [-0.39, 0.29) is 0 Å². The monoisotopic (exact) mass is 390 g/mol. The summed E-state index contributed by atoms with van der Waals surface area (Å²) in [6, 6.07) is 0. The highest BCUT2D eigenvalue weighted by molar-refractivity contribution is 4.74. The van der Waals surface area contributed by atoms with Crippen molar-refractivity contribution in [2.45, 2.75) is 155 Å². The van der Waals surface area contributed by atoms with Crippen molar-refractivity contribution >= 4 is 0 Å². The van der Waals surface area contributed by atoms with E-state index >= 15 is 0 Å². The van der Waals surface area contributed by atoms with E-state index in [4.69, 9.17) is 0 Å². The molecule has 2 aliphatic carbocycles. The van der Waals surface area contributed by atoms with Crippen molar-refractivity contribution in [3.8, 4) is 0 Å². The summed E-state index contributed by atoms with van der Waals surface area (Å²) in [6.07, 6.45) is 33.3. The Balaban J connectivity index is 1.38. The zero-order valence-corrected chi connectivity index (χ0v) is 19.9. The third-order valence-corrected chi connectivity index (χ3v) is 8.34. The molecule has 0 nitrogen and oxygen atoms in total. The smallest absolute Gasteiger partial charge is 0.0414 e. The third kappa shape index (κ3) is 10.7. The molecule has 2 fully saturated rings. The van der Waals surface area contributed by atoms with E-state index < -0.39 is 0 Å². The standard InChI is InChI=1S/C28H54/c1-3-5-9-13-25-17-21-27(22-18-25)15-11-7-8-12-16-28-23-19-26(20-24-28)14-10-6-4-2/h25-28H,3-24H2,1-2H3. The Bertz CT molecular complexity index is 296. The molecule has 0 bridgehead atoms. The average molecular weight is 391 g/mol. The van der Waals surface area contributed by atoms with Crippen LogP contribution in [0.3, 0.4) is 0 Å². The average Bonchev–Trinajstić information content (AvgIpc) is 2.73. The van der Waals surface area contributed by atoms with Crippen LogP contribution in [0, 0.1) is 23.7 Å². The van der Waals surface area contributed by atoms with E-state index in [0.29, 0.717) is 0 Å². The molecule has 0 unspecified atom stereocenters. The van der Waals surface area contributed by atoms with Crippen LogP contribution in [0.5, 0.6) is 0 Å². The maximum Gasteiger partial charge on any atom is -0.0414 e. The summed E-state index contributed by atoms with van der Waals surface area (Å²) in [6.45, 7) is 4.66. The molecule has 0 aromatic carbocycles. The van der Waals surface area contributed by atoms with Crippen molar-refractivity contribution in [1.82, 2.24) is 0 Å². The topological polar surface area (TPSA) is 0 Å². The molecule has 28 heavy (non-hydrogen) atoms. The van der Waals surface area contributed by atoms with Crippen molar-refractivity contribution in [1.29, 1.82) is 0 Å². The van der Waals surface area contributed by atoms with E-state index in [1.54, 1.807) is 64.2 Å². The first-order valence-electron chi connectivity index (χ1n) is 13.8. The van der Waals surface area contributed by atoms with Gasteiger partial charge in [0, 0.05) is 0 Å². The van der Waals surface area contributed by atoms with Gasteiger partial charge in [0.1, 0.15) is 0 Å². The fourth-order valence-electron chi connectivity index (χ4n) is 6.20. The molecule has 0 amide bonds. The highest BCUT2D eigenvalue weighted by atomic mass is 14.3. The Kier molecular flexibility index (Phi) is 13.7. The Morgan fingerprint density at radius 2 is 0.607 bits per heavy atom. The number of hydrogen-bond donors (Lipinski definition) is 0. The van der Waals surface area contributed by atoms with Crippen molar-refractivity contribution in [2.24, 2.45) is 23.7 Å².